The number of rotatable bonds is 2. The molecule has 0 saturated carbocycles. The Balaban J connectivity index is 2.13. The normalized spacial score (nSPS) is 25.5. The highest BCUT2D eigenvalue weighted by Crippen LogP contribution is 2.25. The van der Waals surface area contributed by atoms with Crippen molar-refractivity contribution in [3.8, 4) is 0 Å². The van der Waals surface area contributed by atoms with Gasteiger partial charge in [0.1, 0.15) is 0 Å². The smallest absolute Gasteiger partial charge is 0.164 e. The lowest BCUT2D eigenvalue weighted by Gasteiger charge is -2.17. The van der Waals surface area contributed by atoms with E-state index in [9.17, 15) is 4.39 Å². The summed E-state index contributed by atoms with van der Waals surface area (Å²) in [4.78, 5) is 0. The lowest BCUT2D eigenvalue weighted by molar-refractivity contribution is 0.121. The highest BCUT2D eigenvalue weighted by molar-refractivity contribution is 6.31. The number of benzene rings is 1. The van der Waals surface area contributed by atoms with Crippen molar-refractivity contribution in [2.45, 2.75) is 25.5 Å². The van der Waals surface area contributed by atoms with Crippen molar-refractivity contribution in [2.24, 2.45) is 0 Å². The molecule has 0 bridgehead atoms. The average Bonchev–Trinajstić information content (AvgIpc) is 2.60. The largest absolute Gasteiger partial charge is 0.377 e. The van der Waals surface area contributed by atoms with Crippen LogP contribution in [0.15, 0.2) is 18.2 Å². The number of halogens is 2. The zero-order chi connectivity index (χ0) is 10.8. The van der Waals surface area contributed by atoms with Crippen molar-refractivity contribution in [3.63, 3.8) is 0 Å². The fourth-order valence-electron chi connectivity index (χ4n) is 1.74. The number of nitrogens with one attached hydrogen (secondary N) is 1. The van der Waals surface area contributed by atoms with E-state index < -0.39 is 5.82 Å². The first-order valence-corrected chi connectivity index (χ1v) is 5.38. The molecule has 1 N–H and O–H groups in total. The SMILES string of the molecule is CC1OCCC1Nc1cccc(Cl)c1F. The minimum atomic E-state index is -0.390. The fraction of sp³-hybridized carbons (Fsp3) is 0.455. The molecule has 82 valence electrons. The third-order valence-corrected chi connectivity index (χ3v) is 2.96. The maximum Gasteiger partial charge on any atom is 0.164 e. The molecular weight excluding hydrogens is 217 g/mol. The molecule has 1 saturated heterocycles. The third-order valence-electron chi connectivity index (χ3n) is 2.67. The van der Waals surface area contributed by atoms with Crippen molar-refractivity contribution in [1.82, 2.24) is 0 Å². The van der Waals surface area contributed by atoms with Gasteiger partial charge in [-0.1, -0.05) is 17.7 Å². The van der Waals surface area contributed by atoms with Crippen LogP contribution in [-0.2, 0) is 4.74 Å². The predicted octanol–water partition coefficient (Wildman–Crippen LogP) is 3.07. The minimum Gasteiger partial charge on any atom is -0.377 e. The number of ether oxygens (including phenoxy) is 1. The summed E-state index contributed by atoms with van der Waals surface area (Å²) in [6.45, 7) is 2.70. The topological polar surface area (TPSA) is 21.3 Å². The predicted molar refractivity (Wildman–Crippen MR) is 58.9 cm³/mol. The van der Waals surface area contributed by atoms with Gasteiger partial charge in [0.25, 0.3) is 0 Å². The Morgan fingerprint density at radius 3 is 3.00 bits per heavy atom. The summed E-state index contributed by atoms with van der Waals surface area (Å²) in [5, 5.41) is 3.26. The van der Waals surface area contributed by atoms with Gasteiger partial charge in [-0.25, -0.2) is 4.39 Å². The van der Waals surface area contributed by atoms with Crippen LogP contribution in [0.5, 0.6) is 0 Å². The van der Waals surface area contributed by atoms with Gasteiger partial charge in [0.15, 0.2) is 5.82 Å². The van der Waals surface area contributed by atoms with Gasteiger partial charge in [-0.2, -0.15) is 0 Å². The quantitative estimate of drug-likeness (QED) is 0.842. The Hall–Kier alpha value is -0.800. The van der Waals surface area contributed by atoms with Crippen LogP contribution < -0.4 is 5.32 Å². The van der Waals surface area contributed by atoms with Crippen LogP contribution in [0.25, 0.3) is 0 Å². The molecule has 0 aromatic heterocycles. The summed E-state index contributed by atoms with van der Waals surface area (Å²) < 4.78 is 18.9. The Bertz CT molecular complexity index is 358. The lowest BCUT2D eigenvalue weighted by atomic mass is 10.1. The van der Waals surface area contributed by atoms with Gasteiger partial charge in [-0.3, -0.25) is 0 Å². The van der Waals surface area contributed by atoms with Crippen LogP contribution in [0.2, 0.25) is 5.02 Å². The van der Waals surface area contributed by atoms with E-state index in [2.05, 4.69) is 5.32 Å². The summed E-state index contributed by atoms with van der Waals surface area (Å²) in [7, 11) is 0. The van der Waals surface area contributed by atoms with E-state index in [0.29, 0.717) is 5.69 Å². The second-order valence-electron chi connectivity index (χ2n) is 3.72. The maximum absolute atomic E-state index is 13.5. The van der Waals surface area contributed by atoms with Crippen molar-refractivity contribution in [2.75, 3.05) is 11.9 Å². The van der Waals surface area contributed by atoms with Crippen LogP contribution in [0, 0.1) is 5.82 Å². The molecule has 2 rings (SSSR count). The standard InChI is InChI=1S/C11H13ClFNO/c1-7-9(5-6-15-7)14-10-4-2-3-8(12)11(10)13/h2-4,7,9,14H,5-6H2,1H3. The molecule has 2 unspecified atom stereocenters. The molecule has 0 aliphatic carbocycles. The van der Waals surface area contributed by atoms with E-state index in [0.717, 1.165) is 13.0 Å². The molecule has 15 heavy (non-hydrogen) atoms. The first-order chi connectivity index (χ1) is 7.18. The van der Waals surface area contributed by atoms with E-state index in [4.69, 9.17) is 16.3 Å². The van der Waals surface area contributed by atoms with Crippen molar-refractivity contribution < 1.29 is 9.13 Å². The van der Waals surface area contributed by atoms with E-state index in [1.807, 2.05) is 6.92 Å². The summed E-state index contributed by atoms with van der Waals surface area (Å²) in [5.74, 6) is -0.390. The molecule has 0 radical (unpaired) electrons. The average molecular weight is 230 g/mol. The Morgan fingerprint density at radius 2 is 2.33 bits per heavy atom. The van der Waals surface area contributed by atoms with Crippen molar-refractivity contribution in [1.29, 1.82) is 0 Å². The second kappa shape index (κ2) is 4.37. The molecule has 2 nitrogen and oxygen atoms in total. The summed E-state index contributed by atoms with van der Waals surface area (Å²) in [6, 6.07) is 5.12. The fourth-order valence-corrected chi connectivity index (χ4v) is 1.91. The molecule has 1 fully saturated rings. The Kier molecular flexibility index (Phi) is 3.12. The molecule has 1 aromatic rings. The summed E-state index contributed by atoms with van der Waals surface area (Å²) in [6.07, 6.45) is 1.01. The highest BCUT2D eigenvalue weighted by Gasteiger charge is 2.24. The maximum atomic E-state index is 13.5. The zero-order valence-corrected chi connectivity index (χ0v) is 9.22. The van der Waals surface area contributed by atoms with Gasteiger partial charge < -0.3 is 10.1 Å². The van der Waals surface area contributed by atoms with Gasteiger partial charge in [-0.05, 0) is 25.5 Å². The van der Waals surface area contributed by atoms with E-state index in [1.165, 1.54) is 6.07 Å². The zero-order valence-electron chi connectivity index (χ0n) is 8.47. The molecule has 1 aliphatic rings. The third kappa shape index (κ3) is 2.24. The van der Waals surface area contributed by atoms with Crippen LogP contribution >= 0.6 is 11.6 Å². The van der Waals surface area contributed by atoms with Gasteiger partial charge in [0, 0.05) is 6.61 Å². The summed E-state index contributed by atoms with van der Waals surface area (Å²) >= 11 is 5.69. The Labute approximate surface area is 93.4 Å². The first-order valence-electron chi connectivity index (χ1n) is 5.00. The van der Waals surface area contributed by atoms with E-state index >= 15 is 0 Å². The molecular formula is C11H13ClFNO. The molecule has 1 aliphatic heterocycles. The lowest BCUT2D eigenvalue weighted by Crippen LogP contribution is -2.27. The van der Waals surface area contributed by atoms with Crippen molar-refractivity contribution in [3.05, 3.63) is 29.0 Å². The van der Waals surface area contributed by atoms with E-state index in [1.54, 1.807) is 12.1 Å². The Morgan fingerprint density at radius 1 is 1.53 bits per heavy atom. The van der Waals surface area contributed by atoms with Crippen LogP contribution in [0.4, 0.5) is 10.1 Å². The number of hydrogen-bond donors (Lipinski definition) is 1. The number of hydrogen-bond acceptors (Lipinski definition) is 2. The molecule has 0 spiro atoms. The first kappa shape index (κ1) is 10.7. The van der Waals surface area contributed by atoms with Crippen LogP contribution in [0.1, 0.15) is 13.3 Å². The molecule has 1 heterocycles. The number of anilines is 1. The molecule has 1 aromatic carbocycles. The highest BCUT2D eigenvalue weighted by atomic mass is 35.5. The minimum absolute atomic E-state index is 0.114. The van der Waals surface area contributed by atoms with E-state index in [-0.39, 0.29) is 17.2 Å². The monoisotopic (exact) mass is 229 g/mol. The van der Waals surface area contributed by atoms with Gasteiger partial charge in [0.2, 0.25) is 0 Å². The molecule has 4 heteroatoms. The van der Waals surface area contributed by atoms with Crippen molar-refractivity contribution >= 4 is 17.3 Å². The molecule has 0 amide bonds. The molecule has 2 atom stereocenters. The van der Waals surface area contributed by atoms with Crippen LogP contribution in [-0.4, -0.2) is 18.8 Å². The van der Waals surface area contributed by atoms with Gasteiger partial charge in [-0.15, -0.1) is 0 Å². The summed E-state index contributed by atoms with van der Waals surface area (Å²) in [5.41, 5.74) is 0.449. The second-order valence-corrected chi connectivity index (χ2v) is 4.12. The van der Waals surface area contributed by atoms with Gasteiger partial charge >= 0.3 is 0 Å². The van der Waals surface area contributed by atoms with Gasteiger partial charge in [0.05, 0.1) is 22.9 Å². The van der Waals surface area contributed by atoms with Crippen LogP contribution in [0.3, 0.4) is 0 Å².